The predicted molar refractivity (Wildman–Crippen MR) is 72.1 cm³/mol. The zero-order valence-electron chi connectivity index (χ0n) is 12.0. The van der Waals surface area contributed by atoms with Crippen molar-refractivity contribution < 1.29 is 4.74 Å². The molecule has 3 nitrogen and oxygen atoms in total. The van der Waals surface area contributed by atoms with Crippen molar-refractivity contribution in [2.45, 2.75) is 64.0 Å². The number of likely N-dealkylation sites (N-methyl/N-ethyl adjacent to an activating group) is 1. The Morgan fingerprint density at radius 2 is 1.89 bits per heavy atom. The molecule has 0 saturated heterocycles. The standard InChI is InChI=1S/C15H26N2O/c1-14(2)8-6-13(7-9-14)18-11-15(10-16,17-3)12-4-5-12/h12-13,17H,4-9,11H2,1-3H3. The highest BCUT2D eigenvalue weighted by Crippen LogP contribution is 2.41. The van der Waals surface area contributed by atoms with Gasteiger partial charge in [-0.25, -0.2) is 0 Å². The number of hydrogen-bond acceptors (Lipinski definition) is 3. The van der Waals surface area contributed by atoms with Crippen LogP contribution in [-0.2, 0) is 4.74 Å². The largest absolute Gasteiger partial charge is 0.375 e. The average Bonchev–Trinajstić information content (AvgIpc) is 3.17. The number of hydrogen-bond donors (Lipinski definition) is 1. The molecule has 18 heavy (non-hydrogen) atoms. The summed E-state index contributed by atoms with van der Waals surface area (Å²) < 4.78 is 6.04. The first-order chi connectivity index (χ1) is 8.51. The molecule has 2 aliphatic carbocycles. The summed E-state index contributed by atoms with van der Waals surface area (Å²) in [5.41, 5.74) is 0.0403. The Morgan fingerprint density at radius 1 is 1.28 bits per heavy atom. The highest BCUT2D eigenvalue weighted by atomic mass is 16.5. The van der Waals surface area contributed by atoms with Gasteiger partial charge in [0.25, 0.3) is 0 Å². The number of nitrogens with zero attached hydrogens (tertiary/aromatic N) is 1. The van der Waals surface area contributed by atoms with Crippen LogP contribution in [0.1, 0.15) is 52.4 Å². The summed E-state index contributed by atoms with van der Waals surface area (Å²) in [7, 11) is 1.88. The lowest BCUT2D eigenvalue weighted by Crippen LogP contribution is -2.49. The molecule has 2 rings (SSSR count). The van der Waals surface area contributed by atoms with Gasteiger partial charge in [-0.15, -0.1) is 0 Å². The highest BCUT2D eigenvalue weighted by Gasteiger charge is 2.45. The molecule has 1 unspecified atom stereocenters. The molecule has 0 spiro atoms. The third kappa shape index (κ3) is 3.05. The van der Waals surface area contributed by atoms with E-state index >= 15 is 0 Å². The van der Waals surface area contributed by atoms with E-state index in [4.69, 9.17) is 4.74 Å². The molecule has 0 amide bonds. The number of nitriles is 1. The van der Waals surface area contributed by atoms with Gasteiger partial charge in [0.15, 0.2) is 0 Å². The Hall–Kier alpha value is -0.590. The first-order valence-corrected chi connectivity index (χ1v) is 7.23. The minimum atomic E-state index is -0.438. The van der Waals surface area contributed by atoms with Crippen molar-refractivity contribution in [3.63, 3.8) is 0 Å². The second-order valence-electron chi connectivity index (χ2n) is 6.78. The quantitative estimate of drug-likeness (QED) is 0.816. The van der Waals surface area contributed by atoms with E-state index in [0.29, 0.717) is 24.0 Å². The molecular weight excluding hydrogens is 224 g/mol. The van der Waals surface area contributed by atoms with E-state index in [1.807, 2.05) is 7.05 Å². The minimum absolute atomic E-state index is 0.359. The Labute approximate surface area is 111 Å². The summed E-state index contributed by atoms with van der Waals surface area (Å²) in [6, 6.07) is 2.45. The summed E-state index contributed by atoms with van der Waals surface area (Å²) in [5.74, 6) is 0.493. The van der Waals surface area contributed by atoms with Gasteiger partial charge in [0.1, 0.15) is 5.54 Å². The van der Waals surface area contributed by atoms with E-state index in [2.05, 4.69) is 25.2 Å². The topological polar surface area (TPSA) is 45.0 Å². The maximum atomic E-state index is 9.41. The maximum Gasteiger partial charge on any atom is 0.132 e. The Kier molecular flexibility index (Phi) is 3.99. The molecule has 0 heterocycles. The van der Waals surface area contributed by atoms with Gasteiger partial charge in [0, 0.05) is 0 Å². The van der Waals surface area contributed by atoms with Gasteiger partial charge in [0.2, 0.25) is 0 Å². The lowest BCUT2D eigenvalue weighted by atomic mass is 9.76. The molecule has 0 bridgehead atoms. The Bertz CT molecular complexity index is 320. The molecule has 2 saturated carbocycles. The van der Waals surface area contributed by atoms with Crippen LogP contribution in [0.5, 0.6) is 0 Å². The number of ether oxygens (including phenoxy) is 1. The van der Waals surface area contributed by atoms with Crippen molar-refractivity contribution in [1.82, 2.24) is 5.32 Å². The molecule has 102 valence electrons. The van der Waals surface area contributed by atoms with E-state index in [0.717, 1.165) is 25.7 Å². The van der Waals surface area contributed by atoms with Crippen molar-refractivity contribution in [2.24, 2.45) is 11.3 Å². The minimum Gasteiger partial charge on any atom is -0.375 e. The van der Waals surface area contributed by atoms with Gasteiger partial charge in [-0.2, -0.15) is 5.26 Å². The molecule has 0 aromatic heterocycles. The zero-order valence-corrected chi connectivity index (χ0v) is 12.0. The molecule has 1 atom stereocenters. The maximum absolute atomic E-state index is 9.41. The summed E-state index contributed by atoms with van der Waals surface area (Å²) >= 11 is 0. The van der Waals surface area contributed by atoms with Crippen molar-refractivity contribution in [3.8, 4) is 6.07 Å². The molecule has 0 radical (unpaired) electrons. The molecule has 3 heteroatoms. The fourth-order valence-corrected chi connectivity index (χ4v) is 2.94. The normalized spacial score (nSPS) is 27.4. The van der Waals surface area contributed by atoms with Gasteiger partial charge in [-0.05, 0) is 56.9 Å². The van der Waals surface area contributed by atoms with Crippen molar-refractivity contribution in [3.05, 3.63) is 0 Å². The molecule has 2 aliphatic rings. The van der Waals surface area contributed by atoms with Gasteiger partial charge in [-0.1, -0.05) is 13.8 Å². The monoisotopic (exact) mass is 250 g/mol. The third-order valence-electron chi connectivity index (χ3n) is 4.75. The summed E-state index contributed by atoms with van der Waals surface area (Å²) in [6.07, 6.45) is 7.44. The smallest absolute Gasteiger partial charge is 0.132 e. The Balaban J connectivity index is 1.82. The molecular formula is C15H26N2O. The van der Waals surface area contributed by atoms with Crippen LogP contribution in [-0.4, -0.2) is 25.3 Å². The van der Waals surface area contributed by atoms with E-state index in [1.165, 1.54) is 12.8 Å². The van der Waals surface area contributed by atoms with Crippen LogP contribution in [0.25, 0.3) is 0 Å². The fraction of sp³-hybridized carbons (Fsp3) is 0.933. The first-order valence-electron chi connectivity index (χ1n) is 7.23. The van der Waals surface area contributed by atoms with Gasteiger partial charge in [0.05, 0.1) is 18.8 Å². The predicted octanol–water partition coefficient (Wildman–Crippen LogP) is 2.86. The van der Waals surface area contributed by atoms with E-state index in [9.17, 15) is 5.26 Å². The SMILES string of the molecule is CNC(C#N)(COC1CCC(C)(C)CC1)C1CC1. The molecule has 0 aromatic rings. The average molecular weight is 250 g/mol. The molecule has 0 aliphatic heterocycles. The van der Waals surface area contributed by atoms with Crippen LogP contribution in [0, 0.1) is 22.7 Å². The van der Waals surface area contributed by atoms with E-state index in [1.54, 1.807) is 0 Å². The summed E-state index contributed by atoms with van der Waals surface area (Å²) in [6.45, 7) is 5.22. The van der Waals surface area contributed by atoms with Gasteiger partial charge >= 0.3 is 0 Å². The van der Waals surface area contributed by atoms with Crippen LogP contribution < -0.4 is 5.32 Å². The second kappa shape index (κ2) is 5.19. The second-order valence-corrected chi connectivity index (χ2v) is 6.78. The van der Waals surface area contributed by atoms with E-state index < -0.39 is 5.54 Å². The number of rotatable bonds is 5. The van der Waals surface area contributed by atoms with Crippen LogP contribution in [0.3, 0.4) is 0 Å². The molecule has 1 N–H and O–H groups in total. The third-order valence-corrected chi connectivity index (χ3v) is 4.75. The summed E-state index contributed by atoms with van der Waals surface area (Å²) in [4.78, 5) is 0. The van der Waals surface area contributed by atoms with Crippen molar-refractivity contribution in [2.75, 3.05) is 13.7 Å². The zero-order chi connectivity index (χ0) is 13.2. The first kappa shape index (κ1) is 13.8. The Morgan fingerprint density at radius 3 is 2.33 bits per heavy atom. The molecule has 2 fully saturated rings. The lowest BCUT2D eigenvalue weighted by Gasteiger charge is -2.36. The van der Waals surface area contributed by atoms with Gasteiger partial charge < -0.3 is 10.1 Å². The fourth-order valence-electron chi connectivity index (χ4n) is 2.94. The van der Waals surface area contributed by atoms with E-state index in [-0.39, 0.29) is 0 Å². The van der Waals surface area contributed by atoms with Crippen LogP contribution >= 0.6 is 0 Å². The summed E-state index contributed by atoms with van der Waals surface area (Å²) in [5, 5.41) is 12.6. The van der Waals surface area contributed by atoms with Crippen LogP contribution in [0.15, 0.2) is 0 Å². The van der Waals surface area contributed by atoms with Crippen LogP contribution in [0.4, 0.5) is 0 Å². The molecule has 0 aromatic carbocycles. The van der Waals surface area contributed by atoms with Crippen molar-refractivity contribution in [1.29, 1.82) is 5.26 Å². The highest BCUT2D eigenvalue weighted by molar-refractivity contribution is 5.15. The van der Waals surface area contributed by atoms with Crippen LogP contribution in [0.2, 0.25) is 0 Å². The number of nitrogens with one attached hydrogen (secondary N) is 1. The van der Waals surface area contributed by atoms with Gasteiger partial charge in [-0.3, -0.25) is 0 Å². The lowest BCUT2D eigenvalue weighted by molar-refractivity contribution is -0.0183. The van der Waals surface area contributed by atoms with Crippen molar-refractivity contribution >= 4 is 0 Å².